The normalized spacial score (nSPS) is 22.8. The molecule has 126 valence electrons. The van der Waals surface area contributed by atoms with Crippen LogP contribution in [0.25, 0.3) is 0 Å². The topological polar surface area (TPSA) is 93.8 Å². The summed E-state index contributed by atoms with van der Waals surface area (Å²) < 4.78 is 28.6. The second kappa shape index (κ2) is 6.03. The highest BCUT2D eigenvalue weighted by atomic mass is 32.2. The maximum absolute atomic E-state index is 11.5. The molecule has 23 heavy (non-hydrogen) atoms. The van der Waals surface area contributed by atoms with Crippen molar-refractivity contribution in [1.82, 2.24) is 5.32 Å². The average molecular weight is 337 g/mol. The van der Waals surface area contributed by atoms with Crippen LogP contribution >= 0.6 is 0 Å². The Morgan fingerprint density at radius 2 is 2.17 bits per heavy atom. The number of fused-ring (bicyclic) bond motifs is 1. The predicted molar refractivity (Wildman–Crippen MR) is 90.3 cm³/mol. The van der Waals surface area contributed by atoms with Gasteiger partial charge in [-0.15, -0.1) is 0 Å². The monoisotopic (exact) mass is 337 g/mol. The van der Waals surface area contributed by atoms with Gasteiger partial charge in [-0.25, -0.2) is 8.42 Å². The summed E-state index contributed by atoms with van der Waals surface area (Å²) in [6.07, 6.45) is 3.90. The third-order valence-corrected chi connectivity index (χ3v) is 5.53. The van der Waals surface area contributed by atoms with E-state index in [-0.39, 0.29) is 17.2 Å². The first kappa shape index (κ1) is 16.1. The summed E-state index contributed by atoms with van der Waals surface area (Å²) in [4.78, 5) is 4.39. The SMILES string of the molecule is CS(=O)(=O)CC1(CN=C(N)NC2CCOc3ccccc32)CC1. The molecule has 3 rings (SSSR count). The summed E-state index contributed by atoms with van der Waals surface area (Å²) in [5.41, 5.74) is 6.89. The Bertz CT molecular complexity index is 711. The minimum absolute atomic E-state index is 0.0776. The average Bonchev–Trinajstić information content (AvgIpc) is 3.24. The summed E-state index contributed by atoms with van der Waals surface area (Å²) in [6.45, 7) is 1.10. The number of guanidine groups is 1. The van der Waals surface area contributed by atoms with E-state index in [4.69, 9.17) is 10.5 Å². The van der Waals surface area contributed by atoms with E-state index in [0.717, 1.165) is 30.6 Å². The third-order valence-electron chi connectivity index (χ3n) is 4.39. The van der Waals surface area contributed by atoms with Crippen molar-refractivity contribution in [2.45, 2.75) is 25.3 Å². The van der Waals surface area contributed by atoms with Crippen LogP contribution in [0.2, 0.25) is 0 Å². The van der Waals surface area contributed by atoms with Crippen molar-refractivity contribution in [3.05, 3.63) is 29.8 Å². The Labute approximate surface area is 137 Å². The molecule has 3 N–H and O–H groups in total. The van der Waals surface area contributed by atoms with Crippen molar-refractivity contribution in [2.24, 2.45) is 16.1 Å². The first-order valence-corrected chi connectivity index (χ1v) is 9.89. The molecule has 1 fully saturated rings. The highest BCUT2D eigenvalue weighted by molar-refractivity contribution is 7.90. The molecular weight excluding hydrogens is 314 g/mol. The van der Waals surface area contributed by atoms with Crippen molar-refractivity contribution in [1.29, 1.82) is 0 Å². The number of benzene rings is 1. The lowest BCUT2D eigenvalue weighted by molar-refractivity contribution is 0.262. The molecule has 2 aliphatic rings. The molecule has 1 unspecified atom stereocenters. The van der Waals surface area contributed by atoms with Crippen LogP contribution in [0, 0.1) is 5.41 Å². The maximum atomic E-state index is 11.5. The quantitative estimate of drug-likeness (QED) is 0.623. The van der Waals surface area contributed by atoms with E-state index in [1.807, 2.05) is 24.3 Å². The molecule has 1 aromatic rings. The Balaban J connectivity index is 1.63. The van der Waals surface area contributed by atoms with E-state index in [2.05, 4.69) is 10.3 Å². The van der Waals surface area contributed by atoms with Gasteiger partial charge in [0.05, 0.1) is 18.4 Å². The highest BCUT2D eigenvalue weighted by Crippen LogP contribution is 2.46. The van der Waals surface area contributed by atoms with Crippen LogP contribution < -0.4 is 15.8 Å². The van der Waals surface area contributed by atoms with Gasteiger partial charge in [-0.3, -0.25) is 4.99 Å². The lowest BCUT2D eigenvalue weighted by atomic mass is 10.0. The summed E-state index contributed by atoms with van der Waals surface area (Å²) in [7, 11) is -2.98. The number of nitrogens with two attached hydrogens (primary N) is 1. The van der Waals surface area contributed by atoms with Gasteiger partial charge < -0.3 is 15.8 Å². The van der Waals surface area contributed by atoms with Gasteiger partial charge in [0.15, 0.2) is 5.96 Å². The number of rotatable bonds is 5. The molecule has 1 aliphatic carbocycles. The minimum atomic E-state index is -2.98. The summed E-state index contributed by atoms with van der Waals surface area (Å²) in [6, 6.07) is 7.96. The number of ether oxygens (including phenoxy) is 1. The van der Waals surface area contributed by atoms with E-state index >= 15 is 0 Å². The fourth-order valence-corrected chi connectivity index (χ4v) is 4.54. The molecule has 1 aromatic carbocycles. The minimum Gasteiger partial charge on any atom is -0.493 e. The Kier molecular flexibility index (Phi) is 4.23. The molecule has 0 amide bonds. The van der Waals surface area contributed by atoms with Gasteiger partial charge in [0.2, 0.25) is 0 Å². The largest absolute Gasteiger partial charge is 0.493 e. The van der Waals surface area contributed by atoms with E-state index in [0.29, 0.717) is 19.1 Å². The van der Waals surface area contributed by atoms with Crippen LogP contribution in [0.4, 0.5) is 0 Å². The maximum Gasteiger partial charge on any atom is 0.189 e. The predicted octanol–water partition coefficient (Wildman–Crippen LogP) is 1.24. The lowest BCUT2D eigenvalue weighted by Gasteiger charge is -2.27. The second-order valence-electron chi connectivity index (χ2n) is 6.64. The number of nitrogens with one attached hydrogen (secondary N) is 1. The number of hydrogen-bond donors (Lipinski definition) is 2. The Morgan fingerprint density at radius 1 is 1.43 bits per heavy atom. The fraction of sp³-hybridized carbons (Fsp3) is 0.562. The van der Waals surface area contributed by atoms with Crippen LogP contribution in [0.5, 0.6) is 5.75 Å². The highest BCUT2D eigenvalue weighted by Gasteiger charge is 2.45. The van der Waals surface area contributed by atoms with Crippen LogP contribution in [0.3, 0.4) is 0 Å². The molecule has 0 bridgehead atoms. The van der Waals surface area contributed by atoms with Gasteiger partial charge in [0.25, 0.3) is 0 Å². The van der Waals surface area contributed by atoms with Crippen LogP contribution in [0.15, 0.2) is 29.3 Å². The van der Waals surface area contributed by atoms with E-state index in [1.54, 1.807) is 0 Å². The molecule has 1 aliphatic heterocycles. The van der Waals surface area contributed by atoms with Crippen molar-refractivity contribution in [3.63, 3.8) is 0 Å². The van der Waals surface area contributed by atoms with E-state index in [9.17, 15) is 8.42 Å². The Hall–Kier alpha value is -1.76. The molecule has 1 heterocycles. The molecule has 7 heteroatoms. The summed E-state index contributed by atoms with van der Waals surface area (Å²) in [5.74, 6) is 1.43. The van der Waals surface area contributed by atoms with Crippen molar-refractivity contribution < 1.29 is 13.2 Å². The number of nitrogens with zero attached hydrogens (tertiary/aromatic N) is 1. The first-order valence-electron chi connectivity index (χ1n) is 7.83. The van der Waals surface area contributed by atoms with Crippen LogP contribution in [-0.2, 0) is 9.84 Å². The molecule has 1 saturated carbocycles. The molecule has 0 saturated heterocycles. The molecule has 6 nitrogen and oxygen atoms in total. The van der Waals surface area contributed by atoms with Gasteiger partial charge in [0.1, 0.15) is 15.6 Å². The number of sulfone groups is 1. The Morgan fingerprint density at radius 3 is 2.87 bits per heavy atom. The van der Waals surface area contributed by atoms with Gasteiger partial charge in [-0.2, -0.15) is 0 Å². The van der Waals surface area contributed by atoms with Crippen LogP contribution in [0.1, 0.15) is 30.9 Å². The van der Waals surface area contributed by atoms with Crippen molar-refractivity contribution in [3.8, 4) is 5.75 Å². The van der Waals surface area contributed by atoms with Crippen molar-refractivity contribution >= 4 is 15.8 Å². The van der Waals surface area contributed by atoms with Gasteiger partial charge in [-0.05, 0) is 18.9 Å². The van der Waals surface area contributed by atoms with Gasteiger partial charge in [-0.1, -0.05) is 18.2 Å². The van der Waals surface area contributed by atoms with Gasteiger partial charge >= 0.3 is 0 Å². The fourth-order valence-electron chi connectivity index (χ4n) is 3.05. The summed E-state index contributed by atoms with van der Waals surface area (Å²) >= 11 is 0. The van der Waals surface area contributed by atoms with Crippen molar-refractivity contribution in [2.75, 3.05) is 25.2 Å². The van der Waals surface area contributed by atoms with Gasteiger partial charge in [0, 0.05) is 30.2 Å². The summed E-state index contributed by atoms with van der Waals surface area (Å²) in [5, 5.41) is 3.24. The molecular formula is C16H23N3O3S. The number of para-hydroxylation sites is 1. The molecule has 1 atom stereocenters. The molecule has 0 radical (unpaired) electrons. The molecule has 0 aromatic heterocycles. The number of hydrogen-bond acceptors (Lipinski definition) is 4. The lowest BCUT2D eigenvalue weighted by Crippen LogP contribution is -2.38. The first-order chi connectivity index (χ1) is 10.9. The number of aliphatic imine (C=N–C) groups is 1. The van der Waals surface area contributed by atoms with E-state index in [1.165, 1.54) is 6.26 Å². The third kappa shape index (κ3) is 4.16. The standard InChI is InChI=1S/C16H23N3O3S/c1-23(20,21)11-16(7-8-16)10-18-15(17)19-13-6-9-22-14-5-3-2-4-12(13)14/h2-5,13H,6-11H2,1H3,(H3,17,18,19). The van der Waals surface area contributed by atoms with Crippen LogP contribution in [-0.4, -0.2) is 39.5 Å². The zero-order valence-electron chi connectivity index (χ0n) is 13.3. The smallest absolute Gasteiger partial charge is 0.189 e. The second-order valence-corrected chi connectivity index (χ2v) is 8.78. The van der Waals surface area contributed by atoms with E-state index < -0.39 is 9.84 Å². The molecule has 0 spiro atoms. The zero-order valence-corrected chi connectivity index (χ0v) is 14.1. The zero-order chi connectivity index (χ0) is 16.5.